The molecular weight excluding hydrogens is 410 g/mol. The minimum atomic E-state index is 0.246. The Balaban J connectivity index is 1.29. The molecule has 0 spiro atoms. The molecule has 2 aromatic carbocycles. The van der Waals surface area contributed by atoms with Gasteiger partial charge in [-0.1, -0.05) is 24.3 Å². The van der Waals surface area contributed by atoms with Crippen molar-refractivity contribution in [1.82, 2.24) is 9.88 Å². The number of para-hydroxylation sites is 1. The first-order valence-corrected chi connectivity index (χ1v) is 12.2. The van der Waals surface area contributed by atoms with E-state index in [1.807, 2.05) is 0 Å². The summed E-state index contributed by atoms with van der Waals surface area (Å²) in [4.78, 5) is 14.6. The monoisotopic (exact) mass is 445 g/mol. The molecule has 0 bridgehead atoms. The van der Waals surface area contributed by atoms with E-state index in [0.717, 1.165) is 70.1 Å². The van der Waals surface area contributed by atoms with Gasteiger partial charge in [-0.2, -0.15) is 0 Å². The van der Waals surface area contributed by atoms with Gasteiger partial charge >= 0.3 is 0 Å². The fourth-order valence-corrected chi connectivity index (χ4v) is 5.24. The van der Waals surface area contributed by atoms with Crippen molar-refractivity contribution in [1.29, 1.82) is 0 Å². The SMILES string of the molecule is Cc1cc(N2CCN(c3cc(N4CCN(CCO)CC4)ccc3C)CC2)c2ccccc2n1. The van der Waals surface area contributed by atoms with Gasteiger partial charge in [0.1, 0.15) is 0 Å². The van der Waals surface area contributed by atoms with Crippen LogP contribution in [0.25, 0.3) is 10.9 Å². The zero-order chi connectivity index (χ0) is 22.8. The summed E-state index contributed by atoms with van der Waals surface area (Å²) in [6, 6.07) is 17.6. The molecule has 0 unspecified atom stereocenters. The van der Waals surface area contributed by atoms with Gasteiger partial charge in [0, 0.05) is 87.0 Å². The second-order valence-corrected chi connectivity index (χ2v) is 9.30. The standard InChI is InChI=1S/C27H35N5O/c1-21-7-8-23(30-11-9-29(10-12-30)17-18-33)20-26(21)31-13-15-32(16-14-31)27-19-22(2)28-25-6-4-3-5-24(25)27/h3-8,19-20,33H,9-18H2,1-2H3. The Morgan fingerprint density at radius 3 is 2.15 bits per heavy atom. The van der Waals surface area contributed by atoms with Crippen molar-refractivity contribution in [2.75, 3.05) is 80.2 Å². The van der Waals surface area contributed by atoms with E-state index in [-0.39, 0.29) is 6.61 Å². The molecule has 2 fully saturated rings. The maximum atomic E-state index is 9.20. The second kappa shape index (κ2) is 9.57. The van der Waals surface area contributed by atoms with Crippen molar-refractivity contribution in [2.45, 2.75) is 13.8 Å². The Hall–Kier alpha value is -2.83. The number of piperazine rings is 2. The number of pyridine rings is 1. The third-order valence-corrected chi connectivity index (χ3v) is 7.13. The topological polar surface area (TPSA) is 46.1 Å². The number of aliphatic hydroxyl groups excluding tert-OH is 1. The van der Waals surface area contributed by atoms with E-state index in [9.17, 15) is 5.11 Å². The third kappa shape index (κ3) is 4.63. The summed E-state index contributed by atoms with van der Waals surface area (Å²) in [5.74, 6) is 0. The van der Waals surface area contributed by atoms with Gasteiger partial charge in [-0.3, -0.25) is 9.88 Å². The van der Waals surface area contributed by atoms with Crippen LogP contribution in [-0.4, -0.2) is 80.5 Å². The Labute approximate surface area is 197 Å². The summed E-state index contributed by atoms with van der Waals surface area (Å²) in [7, 11) is 0. The lowest BCUT2D eigenvalue weighted by Gasteiger charge is -2.39. The lowest BCUT2D eigenvalue weighted by atomic mass is 10.1. The molecular formula is C27H35N5O. The quantitative estimate of drug-likeness (QED) is 0.650. The van der Waals surface area contributed by atoms with Crippen molar-refractivity contribution >= 4 is 28.0 Å². The number of aromatic nitrogens is 1. The molecule has 0 amide bonds. The molecule has 0 radical (unpaired) electrons. The molecule has 1 N–H and O–H groups in total. The number of nitrogens with zero attached hydrogens (tertiary/aromatic N) is 5. The van der Waals surface area contributed by atoms with Crippen molar-refractivity contribution < 1.29 is 5.11 Å². The zero-order valence-corrected chi connectivity index (χ0v) is 19.9. The molecule has 3 heterocycles. The van der Waals surface area contributed by atoms with E-state index in [1.165, 1.54) is 28.0 Å². The van der Waals surface area contributed by atoms with Crippen LogP contribution in [-0.2, 0) is 0 Å². The molecule has 174 valence electrons. The third-order valence-electron chi connectivity index (χ3n) is 7.13. The normalized spacial score (nSPS) is 17.7. The summed E-state index contributed by atoms with van der Waals surface area (Å²) in [6.07, 6.45) is 0. The molecule has 0 aliphatic carbocycles. The molecule has 5 rings (SSSR count). The van der Waals surface area contributed by atoms with Gasteiger partial charge in [-0.15, -0.1) is 0 Å². The second-order valence-electron chi connectivity index (χ2n) is 9.30. The lowest BCUT2D eigenvalue weighted by molar-refractivity contribution is 0.189. The summed E-state index contributed by atoms with van der Waals surface area (Å²) in [5, 5.41) is 10.4. The maximum Gasteiger partial charge on any atom is 0.0726 e. The summed E-state index contributed by atoms with van der Waals surface area (Å²) in [5.41, 5.74) is 7.49. The van der Waals surface area contributed by atoms with Gasteiger partial charge < -0.3 is 19.8 Å². The van der Waals surface area contributed by atoms with Crippen LogP contribution >= 0.6 is 0 Å². The average Bonchev–Trinajstić information content (AvgIpc) is 2.85. The molecule has 6 heteroatoms. The Morgan fingerprint density at radius 2 is 1.42 bits per heavy atom. The van der Waals surface area contributed by atoms with Crippen LogP contribution < -0.4 is 14.7 Å². The highest BCUT2D eigenvalue weighted by Crippen LogP contribution is 2.31. The van der Waals surface area contributed by atoms with Crippen LogP contribution in [0.15, 0.2) is 48.5 Å². The first-order valence-electron chi connectivity index (χ1n) is 12.2. The Kier molecular flexibility index (Phi) is 6.38. The minimum Gasteiger partial charge on any atom is -0.395 e. The smallest absolute Gasteiger partial charge is 0.0726 e. The fourth-order valence-electron chi connectivity index (χ4n) is 5.24. The highest BCUT2D eigenvalue weighted by atomic mass is 16.3. The summed E-state index contributed by atoms with van der Waals surface area (Å²) < 4.78 is 0. The fraction of sp³-hybridized carbons (Fsp3) is 0.444. The van der Waals surface area contributed by atoms with Gasteiger partial charge in [0.25, 0.3) is 0 Å². The number of β-amino-alcohol motifs (C(OH)–C–C–N with tert-alkyl or cyclic N) is 1. The van der Waals surface area contributed by atoms with E-state index in [2.05, 4.69) is 82.0 Å². The Bertz CT molecular complexity index is 1100. The molecule has 2 aliphatic rings. The molecule has 0 saturated carbocycles. The van der Waals surface area contributed by atoms with Gasteiger partial charge in [-0.25, -0.2) is 0 Å². The molecule has 33 heavy (non-hydrogen) atoms. The highest BCUT2D eigenvalue weighted by molar-refractivity contribution is 5.92. The van der Waals surface area contributed by atoms with Gasteiger partial charge in [-0.05, 0) is 43.7 Å². The summed E-state index contributed by atoms with van der Waals surface area (Å²) >= 11 is 0. The predicted molar refractivity (Wildman–Crippen MR) is 138 cm³/mol. The largest absolute Gasteiger partial charge is 0.395 e. The van der Waals surface area contributed by atoms with Crippen LogP contribution in [0, 0.1) is 13.8 Å². The Morgan fingerprint density at radius 1 is 0.758 bits per heavy atom. The van der Waals surface area contributed by atoms with Crippen molar-refractivity contribution in [2.24, 2.45) is 0 Å². The van der Waals surface area contributed by atoms with Crippen molar-refractivity contribution in [3.8, 4) is 0 Å². The van der Waals surface area contributed by atoms with Crippen molar-refractivity contribution in [3.63, 3.8) is 0 Å². The maximum absolute atomic E-state index is 9.20. The number of aliphatic hydroxyl groups is 1. The molecule has 3 aromatic rings. The highest BCUT2D eigenvalue weighted by Gasteiger charge is 2.22. The molecule has 2 saturated heterocycles. The predicted octanol–water partition coefficient (Wildman–Crippen LogP) is 3.29. The molecule has 6 nitrogen and oxygen atoms in total. The van der Waals surface area contributed by atoms with Crippen molar-refractivity contribution in [3.05, 3.63) is 59.8 Å². The number of aryl methyl sites for hydroxylation is 2. The van der Waals surface area contributed by atoms with E-state index in [1.54, 1.807) is 0 Å². The lowest BCUT2D eigenvalue weighted by Crippen LogP contribution is -2.48. The van der Waals surface area contributed by atoms with Gasteiger partial charge in [0.2, 0.25) is 0 Å². The van der Waals surface area contributed by atoms with Gasteiger partial charge in [0.05, 0.1) is 12.1 Å². The first-order chi connectivity index (χ1) is 16.1. The van der Waals surface area contributed by atoms with E-state index in [4.69, 9.17) is 4.98 Å². The van der Waals surface area contributed by atoms with E-state index in [0.29, 0.717) is 0 Å². The number of hydrogen-bond donors (Lipinski definition) is 1. The first kappa shape index (κ1) is 22.0. The molecule has 0 atom stereocenters. The number of fused-ring (bicyclic) bond motifs is 1. The zero-order valence-electron chi connectivity index (χ0n) is 19.9. The summed E-state index contributed by atoms with van der Waals surface area (Å²) in [6.45, 7) is 13.5. The number of anilines is 3. The average molecular weight is 446 g/mol. The van der Waals surface area contributed by atoms with Crippen LogP contribution in [0.2, 0.25) is 0 Å². The van der Waals surface area contributed by atoms with Gasteiger partial charge in [0.15, 0.2) is 0 Å². The molecule has 1 aromatic heterocycles. The number of benzene rings is 2. The molecule has 2 aliphatic heterocycles. The van der Waals surface area contributed by atoms with E-state index >= 15 is 0 Å². The van der Waals surface area contributed by atoms with E-state index < -0.39 is 0 Å². The number of hydrogen-bond acceptors (Lipinski definition) is 6. The number of rotatable bonds is 5. The van der Waals surface area contributed by atoms with Crippen LogP contribution in [0.4, 0.5) is 17.1 Å². The minimum absolute atomic E-state index is 0.246. The van der Waals surface area contributed by atoms with Crippen LogP contribution in [0.3, 0.4) is 0 Å². The van der Waals surface area contributed by atoms with Crippen LogP contribution in [0.1, 0.15) is 11.3 Å². The van der Waals surface area contributed by atoms with Crippen LogP contribution in [0.5, 0.6) is 0 Å².